The normalized spacial score (nSPS) is 15.8. The Balaban J connectivity index is 2.15. The van der Waals surface area contributed by atoms with Crippen LogP contribution in [0.25, 0.3) is 0 Å². The first-order valence-electron chi connectivity index (χ1n) is 9.37. The fraction of sp³-hybridized carbons (Fsp3) is 0.722. The van der Waals surface area contributed by atoms with Crippen LogP contribution in [0.15, 0.2) is 6.07 Å². The molecule has 0 saturated carbocycles. The molecule has 2 rings (SSSR count). The van der Waals surface area contributed by atoms with Crippen molar-refractivity contribution in [2.45, 2.75) is 19.8 Å². The van der Waals surface area contributed by atoms with Crippen LogP contribution in [-0.4, -0.2) is 81.2 Å². The number of amides is 1. The van der Waals surface area contributed by atoms with E-state index in [2.05, 4.69) is 51.4 Å². The van der Waals surface area contributed by atoms with Crippen molar-refractivity contribution in [3.05, 3.63) is 11.8 Å². The molecule has 1 aliphatic rings. The lowest BCUT2D eigenvalue weighted by atomic mass is 10.0. The molecule has 0 aliphatic carbocycles. The largest absolute Gasteiger partial charge is 0.463 e. The van der Waals surface area contributed by atoms with E-state index in [1.165, 1.54) is 0 Å². The van der Waals surface area contributed by atoms with Crippen molar-refractivity contribution < 1.29 is 9.53 Å². The van der Waals surface area contributed by atoms with Crippen LogP contribution in [-0.2, 0) is 0 Å². The van der Waals surface area contributed by atoms with Crippen LogP contribution in [0, 0.1) is 5.92 Å². The summed E-state index contributed by atoms with van der Waals surface area (Å²) < 4.78 is 5.92. The van der Waals surface area contributed by atoms with E-state index < -0.39 is 0 Å². The van der Waals surface area contributed by atoms with Crippen LogP contribution in [0.2, 0.25) is 0 Å². The molecule has 1 saturated heterocycles. The van der Waals surface area contributed by atoms with E-state index in [1.54, 1.807) is 13.1 Å². The van der Waals surface area contributed by atoms with Crippen molar-refractivity contribution in [2.24, 2.45) is 5.92 Å². The van der Waals surface area contributed by atoms with Crippen LogP contribution in [0.4, 0.5) is 5.82 Å². The van der Waals surface area contributed by atoms with Gasteiger partial charge in [-0.3, -0.25) is 4.79 Å². The predicted octanol–water partition coefficient (Wildman–Crippen LogP) is 0.603. The van der Waals surface area contributed by atoms with E-state index in [4.69, 9.17) is 4.74 Å². The molecule has 1 fully saturated rings. The molecule has 0 aromatic carbocycles. The van der Waals surface area contributed by atoms with Crippen LogP contribution in [0.5, 0.6) is 6.01 Å². The maximum atomic E-state index is 12.1. The first-order chi connectivity index (χ1) is 12.5. The molecule has 0 spiro atoms. The third kappa shape index (κ3) is 6.10. The zero-order valence-corrected chi connectivity index (χ0v) is 16.4. The van der Waals surface area contributed by atoms with Gasteiger partial charge in [0, 0.05) is 51.8 Å². The Hall–Kier alpha value is -1.93. The molecule has 2 heterocycles. The van der Waals surface area contributed by atoms with E-state index in [-0.39, 0.29) is 11.9 Å². The molecule has 8 heteroatoms. The molecule has 146 valence electrons. The van der Waals surface area contributed by atoms with Gasteiger partial charge in [-0.1, -0.05) is 13.3 Å². The van der Waals surface area contributed by atoms with E-state index in [0.29, 0.717) is 18.2 Å². The molecule has 0 radical (unpaired) electrons. The summed E-state index contributed by atoms with van der Waals surface area (Å²) >= 11 is 0. The smallest absolute Gasteiger partial charge is 0.319 e. The Morgan fingerprint density at radius 2 is 2.12 bits per heavy atom. The maximum Gasteiger partial charge on any atom is 0.319 e. The van der Waals surface area contributed by atoms with Gasteiger partial charge in [0.2, 0.25) is 0 Å². The molecular formula is C18H32N6O2. The van der Waals surface area contributed by atoms with Crippen LogP contribution in [0.3, 0.4) is 0 Å². The summed E-state index contributed by atoms with van der Waals surface area (Å²) in [6.45, 7) is 7.17. The highest BCUT2D eigenvalue weighted by Gasteiger charge is 2.18. The van der Waals surface area contributed by atoms with Gasteiger partial charge in [0.25, 0.3) is 5.91 Å². The van der Waals surface area contributed by atoms with E-state index >= 15 is 0 Å². The number of nitrogens with one attached hydrogen (secondary N) is 2. The van der Waals surface area contributed by atoms with Crippen molar-refractivity contribution in [1.29, 1.82) is 0 Å². The predicted molar refractivity (Wildman–Crippen MR) is 103 cm³/mol. The van der Waals surface area contributed by atoms with Gasteiger partial charge in [0.15, 0.2) is 0 Å². The molecule has 1 amide bonds. The number of piperazine rings is 1. The van der Waals surface area contributed by atoms with Gasteiger partial charge in [-0.05, 0) is 20.5 Å². The Kier molecular flexibility index (Phi) is 8.06. The van der Waals surface area contributed by atoms with Gasteiger partial charge >= 0.3 is 6.01 Å². The molecule has 1 aromatic heterocycles. The number of anilines is 1. The number of hydrogen-bond acceptors (Lipinski definition) is 7. The Morgan fingerprint density at radius 3 is 2.73 bits per heavy atom. The van der Waals surface area contributed by atoms with Gasteiger partial charge in [-0.15, -0.1) is 0 Å². The summed E-state index contributed by atoms with van der Waals surface area (Å²) in [5, 5.41) is 5.95. The summed E-state index contributed by atoms with van der Waals surface area (Å²) in [4.78, 5) is 25.3. The molecule has 8 nitrogen and oxygen atoms in total. The summed E-state index contributed by atoms with van der Waals surface area (Å²) in [7, 11) is 5.73. The zero-order chi connectivity index (χ0) is 18.9. The number of carbonyl (C=O) groups excluding carboxylic acids is 1. The Labute approximate surface area is 156 Å². The quantitative estimate of drug-likeness (QED) is 0.664. The maximum absolute atomic E-state index is 12.1. The lowest BCUT2D eigenvalue weighted by molar-refractivity contribution is 0.0956. The van der Waals surface area contributed by atoms with Gasteiger partial charge in [0.1, 0.15) is 11.5 Å². The summed E-state index contributed by atoms with van der Waals surface area (Å²) in [5.41, 5.74) is 0.339. The van der Waals surface area contributed by atoms with Gasteiger partial charge in [-0.2, -0.15) is 9.97 Å². The van der Waals surface area contributed by atoms with Crippen molar-refractivity contribution in [2.75, 3.05) is 65.4 Å². The van der Waals surface area contributed by atoms with Crippen LogP contribution >= 0.6 is 0 Å². The number of hydrogen-bond donors (Lipinski definition) is 2. The first-order valence-corrected chi connectivity index (χ1v) is 9.37. The number of rotatable bonds is 9. The second-order valence-electron chi connectivity index (χ2n) is 6.94. The molecule has 26 heavy (non-hydrogen) atoms. The van der Waals surface area contributed by atoms with Gasteiger partial charge < -0.3 is 25.2 Å². The molecule has 1 unspecified atom stereocenters. The minimum atomic E-state index is -0.230. The number of nitrogens with zero attached hydrogens (tertiary/aromatic N) is 4. The van der Waals surface area contributed by atoms with Crippen molar-refractivity contribution in [3.63, 3.8) is 0 Å². The Morgan fingerprint density at radius 1 is 1.38 bits per heavy atom. The highest BCUT2D eigenvalue weighted by Crippen LogP contribution is 2.18. The fourth-order valence-corrected chi connectivity index (χ4v) is 3.12. The molecule has 2 N–H and O–H groups in total. The second-order valence-corrected chi connectivity index (χ2v) is 6.94. The fourth-order valence-electron chi connectivity index (χ4n) is 3.12. The summed E-state index contributed by atoms with van der Waals surface area (Å²) in [6.07, 6.45) is 2.19. The lowest BCUT2D eigenvalue weighted by Gasteiger charge is -2.28. The Bertz CT molecular complexity index is 575. The molecule has 1 atom stereocenters. The highest BCUT2D eigenvalue weighted by atomic mass is 16.5. The van der Waals surface area contributed by atoms with Gasteiger partial charge in [-0.25, -0.2) is 0 Å². The minimum Gasteiger partial charge on any atom is -0.463 e. The lowest BCUT2D eigenvalue weighted by Crippen LogP contribution is -2.44. The van der Waals surface area contributed by atoms with Gasteiger partial charge in [0.05, 0.1) is 6.61 Å². The van der Waals surface area contributed by atoms with Crippen LogP contribution < -0.4 is 20.3 Å². The molecule has 0 bridgehead atoms. The van der Waals surface area contributed by atoms with E-state index in [0.717, 1.165) is 51.4 Å². The number of carbonyl (C=O) groups is 1. The van der Waals surface area contributed by atoms with E-state index in [9.17, 15) is 4.79 Å². The second kappa shape index (κ2) is 10.3. The van der Waals surface area contributed by atoms with Crippen LogP contribution in [0.1, 0.15) is 30.3 Å². The first kappa shape index (κ1) is 20.4. The standard InChI is InChI=1S/C18H32N6O2/c1-5-6-14(12-23(3)4)13-26-18-21-15(17(25)19-2)11-16(22-18)24-9-7-20-8-10-24/h11,14,20H,5-10,12-13H2,1-4H3,(H,19,25). The topological polar surface area (TPSA) is 82.6 Å². The van der Waals surface area contributed by atoms with Crippen molar-refractivity contribution in [3.8, 4) is 6.01 Å². The monoisotopic (exact) mass is 364 g/mol. The summed E-state index contributed by atoms with van der Waals surface area (Å²) in [5.74, 6) is 0.923. The third-order valence-corrected chi connectivity index (χ3v) is 4.36. The number of aromatic nitrogens is 2. The third-order valence-electron chi connectivity index (χ3n) is 4.36. The SMILES string of the molecule is CCCC(COc1nc(C(=O)NC)cc(N2CCNCC2)n1)CN(C)C. The zero-order valence-electron chi connectivity index (χ0n) is 16.4. The van der Waals surface area contributed by atoms with Crippen molar-refractivity contribution >= 4 is 11.7 Å². The molecular weight excluding hydrogens is 332 g/mol. The summed E-state index contributed by atoms with van der Waals surface area (Å²) in [6, 6.07) is 2.01. The minimum absolute atomic E-state index is 0.230. The highest BCUT2D eigenvalue weighted by molar-refractivity contribution is 5.92. The average molecular weight is 364 g/mol. The van der Waals surface area contributed by atoms with E-state index in [1.807, 2.05) is 0 Å². The van der Waals surface area contributed by atoms with Crippen molar-refractivity contribution in [1.82, 2.24) is 25.5 Å². The average Bonchev–Trinajstić information content (AvgIpc) is 2.65. The molecule has 1 aliphatic heterocycles. The molecule has 1 aromatic rings. The number of ether oxygens (including phenoxy) is 1.